The summed E-state index contributed by atoms with van der Waals surface area (Å²) in [6.45, 7) is 2.23. The first-order valence-corrected chi connectivity index (χ1v) is 9.05. The Morgan fingerprint density at radius 2 is 2.11 bits per heavy atom. The number of H-pyrrole nitrogens is 1. The first kappa shape index (κ1) is 18.0. The molecule has 2 heterocycles. The summed E-state index contributed by atoms with van der Waals surface area (Å²) < 4.78 is 11.4. The van der Waals surface area contributed by atoms with Gasteiger partial charge in [0.05, 0.1) is 5.92 Å². The van der Waals surface area contributed by atoms with Gasteiger partial charge < -0.3 is 15.2 Å². The normalized spacial score (nSPS) is 15.5. The minimum atomic E-state index is -0.378. The van der Waals surface area contributed by atoms with E-state index in [2.05, 4.69) is 16.3 Å². The zero-order valence-electron chi connectivity index (χ0n) is 15.1. The van der Waals surface area contributed by atoms with E-state index in [0.29, 0.717) is 28.8 Å². The van der Waals surface area contributed by atoms with Gasteiger partial charge in [0.25, 0.3) is 0 Å². The molecule has 0 spiro atoms. The van der Waals surface area contributed by atoms with Crippen LogP contribution in [0.2, 0.25) is 5.02 Å². The molecule has 2 aromatic carbocycles. The van der Waals surface area contributed by atoms with Crippen LogP contribution in [0.4, 0.5) is 0 Å². The number of hydrogen-bond donors (Lipinski definition) is 2. The lowest BCUT2D eigenvalue weighted by Gasteiger charge is -2.24. The van der Waals surface area contributed by atoms with E-state index in [4.69, 9.17) is 26.8 Å². The Kier molecular flexibility index (Phi) is 4.68. The van der Waals surface area contributed by atoms with Gasteiger partial charge in [-0.05, 0) is 30.7 Å². The first-order valence-electron chi connectivity index (χ1n) is 8.67. The summed E-state index contributed by atoms with van der Waals surface area (Å²) in [6.07, 6.45) is 0. The quantitative estimate of drug-likeness (QED) is 0.694. The van der Waals surface area contributed by atoms with E-state index >= 15 is 0 Å². The molecule has 4 rings (SSSR count). The van der Waals surface area contributed by atoms with Crippen molar-refractivity contribution in [2.24, 2.45) is 5.73 Å². The third-order valence-corrected chi connectivity index (χ3v) is 5.04. The third-order valence-electron chi connectivity index (χ3n) is 4.67. The van der Waals surface area contributed by atoms with Crippen molar-refractivity contribution in [3.8, 4) is 17.7 Å². The zero-order valence-corrected chi connectivity index (χ0v) is 15.8. The van der Waals surface area contributed by atoms with Gasteiger partial charge in [-0.1, -0.05) is 41.9 Å². The first-order chi connectivity index (χ1) is 13.6. The van der Waals surface area contributed by atoms with Crippen LogP contribution >= 0.6 is 11.6 Å². The summed E-state index contributed by atoms with van der Waals surface area (Å²) in [5.41, 5.74) is 9.70. The molecule has 0 fully saturated rings. The molecule has 0 aliphatic carbocycles. The number of aromatic amines is 1. The fraction of sp³-hybridized carbons (Fsp3) is 0.143. The van der Waals surface area contributed by atoms with Gasteiger partial charge in [0.1, 0.15) is 24.0 Å². The van der Waals surface area contributed by atoms with Gasteiger partial charge in [-0.2, -0.15) is 5.26 Å². The van der Waals surface area contributed by atoms with Crippen molar-refractivity contribution in [2.75, 3.05) is 0 Å². The fourth-order valence-electron chi connectivity index (χ4n) is 3.29. The molecule has 1 aromatic heterocycles. The van der Waals surface area contributed by atoms with E-state index in [1.165, 1.54) is 0 Å². The monoisotopic (exact) mass is 392 g/mol. The SMILES string of the molecule is Cc1[nH]nc2c1[C@@H](c1cccc(OCc3ccccc3Cl)c1)C(C#N)=C(N)O2. The number of aryl methyl sites for hydroxylation is 1. The van der Waals surface area contributed by atoms with Crippen LogP contribution in [0.25, 0.3) is 0 Å². The van der Waals surface area contributed by atoms with Crippen molar-refractivity contribution in [3.63, 3.8) is 0 Å². The number of allylic oxidation sites excluding steroid dienone is 1. The van der Waals surface area contributed by atoms with Crippen molar-refractivity contribution in [1.82, 2.24) is 10.2 Å². The second-order valence-corrected chi connectivity index (χ2v) is 6.85. The summed E-state index contributed by atoms with van der Waals surface area (Å²) in [5, 5.41) is 17.4. The van der Waals surface area contributed by atoms with Gasteiger partial charge in [-0.25, -0.2) is 0 Å². The number of fused-ring (bicyclic) bond motifs is 1. The number of benzene rings is 2. The van der Waals surface area contributed by atoms with Crippen molar-refractivity contribution in [3.05, 3.63) is 87.4 Å². The molecule has 0 radical (unpaired) electrons. The number of rotatable bonds is 4. The maximum atomic E-state index is 9.65. The molecule has 1 aliphatic heterocycles. The highest BCUT2D eigenvalue weighted by atomic mass is 35.5. The number of ether oxygens (including phenoxy) is 2. The molecule has 140 valence electrons. The predicted molar refractivity (Wildman–Crippen MR) is 105 cm³/mol. The van der Waals surface area contributed by atoms with Crippen LogP contribution in [0, 0.1) is 18.3 Å². The lowest BCUT2D eigenvalue weighted by atomic mass is 9.84. The lowest BCUT2D eigenvalue weighted by molar-refractivity contribution is 0.306. The van der Waals surface area contributed by atoms with Gasteiger partial charge in [-0.15, -0.1) is 5.10 Å². The van der Waals surface area contributed by atoms with Crippen LogP contribution < -0.4 is 15.2 Å². The second kappa shape index (κ2) is 7.29. The van der Waals surface area contributed by atoms with Crippen molar-refractivity contribution >= 4 is 11.6 Å². The minimum Gasteiger partial charge on any atom is -0.489 e. The highest BCUT2D eigenvalue weighted by Gasteiger charge is 2.34. The molecule has 1 atom stereocenters. The van der Waals surface area contributed by atoms with Gasteiger partial charge in [0.15, 0.2) is 0 Å². The van der Waals surface area contributed by atoms with Crippen LogP contribution in [-0.2, 0) is 6.61 Å². The van der Waals surface area contributed by atoms with Gasteiger partial charge in [0, 0.05) is 21.8 Å². The molecule has 3 aromatic rings. The molecule has 1 aliphatic rings. The summed E-state index contributed by atoms with van der Waals surface area (Å²) in [4.78, 5) is 0. The fourth-order valence-corrected chi connectivity index (χ4v) is 3.48. The van der Waals surface area contributed by atoms with E-state index < -0.39 is 0 Å². The Morgan fingerprint density at radius 1 is 1.29 bits per heavy atom. The Bertz CT molecular complexity index is 1110. The Balaban J connectivity index is 1.68. The maximum absolute atomic E-state index is 9.65. The molecular weight excluding hydrogens is 376 g/mol. The maximum Gasteiger partial charge on any atom is 0.244 e. The summed E-state index contributed by atoms with van der Waals surface area (Å²) in [6, 6.07) is 17.3. The van der Waals surface area contributed by atoms with E-state index in [-0.39, 0.29) is 11.8 Å². The Labute approximate surface area is 167 Å². The average molecular weight is 393 g/mol. The van der Waals surface area contributed by atoms with Crippen molar-refractivity contribution < 1.29 is 9.47 Å². The van der Waals surface area contributed by atoms with Crippen LogP contribution in [0.5, 0.6) is 11.6 Å². The van der Waals surface area contributed by atoms with E-state index in [0.717, 1.165) is 22.4 Å². The topological polar surface area (TPSA) is 97.0 Å². The van der Waals surface area contributed by atoms with Crippen LogP contribution in [0.15, 0.2) is 60.0 Å². The molecule has 6 nitrogen and oxygen atoms in total. The van der Waals surface area contributed by atoms with Crippen LogP contribution in [-0.4, -0.2) is 10.2 Å². The minimum absolute atomic E-state index is 0.0638. The largest absolute Gasteiger partial charge is 0.489 e. The number of hydrogen-bond acceptors (Lipinski definition) is 5. The average Bonchev–Trinajstić information content (AvgIpc) is 3.06. The van der Waals surface area contributed by atoms with E-state index in [9.17, 15) is 5.26 Å². The van der Waals surface area contributed by atoms with Gasteiger partial charge >= 0.3 is 0 Å². The second-order valence-electron chi connectivity index (χ2n) is 6.44. The number of nitrogens with one attached hydrogen (secondary N) is 1. The molecule has 0 saturated carbocycles. The predicted octanol–water partition coefficient (Wildman–Crippen LogP) is 4.17. The molecule has 7 heteroatoms. The molecule has 28 heavy (non-hydrogen) atoms. The third kappa shape index (κ3) is 3.17. The van der Waals surface area contributed by atoms with E-state index in [1.54, 1.807) is 0 Å². The van der Waals surface area contributed by atoms with Gasteiger partial charge in [0.2, 0.25) is 11.8 Å². The Hall–Kier alpha value is -3.43. The van der Waals surface area contributed by atoms with Crippen LogP contribution in [0.1, 0.15) is 28.3 Å². The van der Waals surface area contributed by atoms with Crippen molar-refractivity contribution in [2.45, 2.75) is 19.4 Å². The summed E-state index contributed by atoms with van der Waals surface area (Å²) >= 11 is 6.20. The molecule has 0 unspecified atom stereocenters. The summed E-state index contributed by atoms with van der Waals surface area (Å²) in [5.74, 6) is 0.745. The Morgan fingerprint density at radius 3 is 2.89 bits per heavy atom. The van der Waals surface area contributed by atoms with E-state index in [1.807, 2.05) is 55.5 Å². The zero-order chi connectivity index (χ0) is 19.7. The number of nitrogens with two attached hydrogens (primary N) is 1. The molecule has 0 saturated heterocycles. The number of nitriles is 1. The van der Waals surface area contributed by atoms with Crippen molar-refractivity contribution in [1.29, 1.82) is 5.26 Å². The lowest BCUT2D eigenvalue weighted by Crippen LogP contribution is -2.21. The molecule has 0 amide bonds. The summed E-state index contributed by atoms with van der Waals surface area (Å²) in [7, 11) is 0. The highest BCUT2D eigenvalue weighted by molar-refractivity contribution is 6.31. The number of halogens is 1. The number of aromatic nitrogens is 2. The highest BCUT2D eigenvalue weighted by Crippen LogP contribution is 2.43. The number of nitrogens with zero attached hydrogens (tertiary/aromatic N) is 2. The molecule has 0 bridgehead atoms. The molecular formula is C21H17ClN4O2. The smallest absolute Gasteiger partial charge is 0.244 e. The van der Waals surface area contributed by atoms with Gasteiger partial charge in [-0.3, -0.25) is 5.10 Å². The molecule has 3 N–H and O–H groups in total. The standard InChI is InChI=1S/C21H17ClN4O2/c1-12-18-19(16(10-23)20(24)28-21(18)26-25-12)13-6-4-7-15(9-13)27-11-14-5-2-3-8-17(14)22/h2-9,19H,11,24H2,1H3,(H,25,26)/t19-/m0/s1. The van der Waals surface area contributed by atoms with Crippen LogP contribution in [0.3, 0.4) is 0 Å².